The summed E-state index contributed by atoms with van der Waals surface area (Å²) < 4.78 is 1.86. The van der Waals surface area contributed by atoms with E-state index < -0.39 is 0 Å². The van der Waals surface area contributed by atoms with Crippen molar-refractivity contribution >= 4 is 5.91 Å². The van der Waals surface area contributed by atoms with Crippen molar-refractivity contribution in [3.63, 3.8) is 0 Å². The van der Waals surface area contributed by atoms with E-state index in [9.17, 15) is 4.79 Å². The lowest BCUT2D eigenvalue weighted by Gasteiger charge is -2.31. The normalized spacial score (nSPS) is 15.7. The molecular formula is C15H15N5O. The molecular weight excluding hydrogens is 266 g/mol. The predicted molar refractivity (Wildman–Crippen MR) is 75.4 cm³/mol. The van der Waals surface area contributed by atoms with Gasteiger partial charge in [0.15, 0.2) is 0 Å². The maximum atomic E-state index is 12.4. The molecule has 1 aromatic carbocycles. The third-order valence-corrected chi connectivity index (χ3v) is 3.81. The summed E-state index contributed by atoms with van der Waals surface area (Å²) in [5.41, 5.74) is 1.09. The Kier molecular flexibility index (Phi) is 3.65. The molecule has 21 heavy (non-hydrogen) atoms. The van der Waals surface area contributed by atoms with Crippen LogP contribution in [0.5, 0.6) is 0 Å². The highest BCUT2D eigenvalue weighted by Gasteiger charge is 2.24. The van der Waals surface area contributed by atoms with Crippen LogP contribution in [0, 0.1) is 11.3 Å². The Hall–Kier alpha value is -2.68. The van der Waals surface area contributed by atoms with Crippen LogP contribution < -0.4 is 0 Å². The van der Waals surface area contributed by atoms with Gasteiger partial charge in [-0.15, -0.1) is 5.10 Å². The number of likely N-dealkylation sites (tertiary alicyclic amines) is 1. The van der Waals surface area contributed by atoms with Crippen LogP contribution in [0.2, 0.25) is 0 Å². The van der Waals surface area contributed by atoms with E-state index in [1.807, 2.05) is 15.8 Å². The summed E-state index contributed by atoms with van der Waals surface area (Å²) in [6.45, 7) is 1.39. The van der Waals surface area contributed by atoms with E-state index in [1.54, 1.807) is 30.5 Å². The first-order valence-electron chi connectivity index (χ1n) is 6.93. The van der Waals surface area contributed by atoms with Crippen molar-refractivity contribution in [1.29, 1.82) is 5.26 Å². The highest BCUT2D eigenvalue weighted by molar-refractivity contribution is 5.94. The van der Waals surface area contributed by atoms with Crippen molar-refractivity contribution in [3.05, 3.63) is 47.8 Å². The van der Waals surface area contributed by atoms with Gasteiger partial charge in [0.1, 0.15) is 0 Å². The minimum atomic E-state index is -0.0101. The van der Waals surface area contributed by atoms with E-state index in [4.69, 9.17) is 5.26 Å². The number of nitriles is 1. The quantitative estimate of drug-likeness (QED) is 0.838. The van der Waals surface area contributed by atoms with Crippen LogP contribution in [0.3, 0.4) is 0 Å². The van der Waals surface area contributed by atoms with Crippen molar-refractivity contribution in [2.24, 2.45) is 0 Å². The number of piperidine rings is 1. The van der Waals surface area contributed by atoms with E-state index in [1.165, 1.54) is 0 Å². The largest absolute Gasteiger partial charge is 0.338 e. The van der Waals surface area contributed by atoms with Gasteiger partial charge in [0.05, 0.1) is 23.9 Å². The molecule has 2 aromatic rings. The molecule has 0 N–H and O–H groups in total. The first-order chi connectivity index (χ1) is 10.3. The summed E-state index contributed by atoms with van der Waals surface area (Å²) in [5.74, 6) is -0.0101. The van der Waals surface area contributed by atoms with E-state index in [0.29, 0.717) is 30.3 Å². The summed E-state index contributed by atoms with van der Waals surface area (Å²) in [4.78, 5) is 14.3. The second-order valence-corrected chi connectivity index (χ2v) is 5.10. The Morgan fingerprint density at radius 3 is 2.81 bits per heavy atom. The minimum absolute atomic E-state index is 0.0101. The summed E-state index contributed by atoms with van der Waals surface area (Å²) in [5, 5.41) is 16.7. The molecule has 1 saturated heterocycles. The summed E-state index contributed by atoms with van der Waals surface area (Å²) in [7, 11) is 0. The van der Waals surface area contributed by atoms with Gasteiger partial charge in [0, 0.05) is 24.8 Å². The van der Waals surface area contributed by atoms with Gasteiger partial charge >= 0.3 is 0 Å². The number of benzene rings is 1. The van der Waals surface area contributed by atoms with Crippen LogP contribution in [-0.2, 0) is 0 Å². The maximum absolute atomic E-state index is 12.4. The molecule has 3 rings (SSSR count). The molecule has 2 heterocycles. The molecule has 1 aliphatic rings. The topological polar surface area (TPSA) is 74.8 Å². The van der Waals surface area contributed by atoms with Gasteiger partial charge < -0.3 is 4.90 Å². The first-order valence-corrected chi connectivity index (χ1v) is 6.93. The van der Waals surface area contributed by atoms with Gasteiger partial charge in [0.2, 0.25) is 0 Å². The fraction of sp³-hybridized carbons (Fsp3) is 0.333. The van der Waals surface area contributed by atoms with Gasteiger partial charge in [-0.2, -0.15) is 5.26 Å². The number of rotatable bonds is 2. The Bertz CT molecular complexity index is 666. The number of nitrogens with zero attached hydrogens (tertiary/aromatic N) is 5. The highest BCUT2D eigenvalue weighted by Crippen LogP contribution is 2.22. The zero-order chi connectivity index (χ0) is 14.7. The summed E-state index contributed by atoms with van der Waals surface area (Å²) in [6, 6.07) is 9.22. The lowest BCUT2D eigenvalue weighted by molar-refractivity contribution is 0.0689. The molecule has 0 bridgehead atoms. The van der Waals surface area contributed by atoms with Crippen molar-refractivity contribution in [1.82, 2.24) is 19.9 Å². The van der Waals surface area contributed by atoms with Crippen LogP contribution in [-0.4, -0.2) is 38.9 Å². The third-order valence-electron chi connectivity index (χ3n) is 3.81. The number of hydrogen-bond donors (Lipinski definition) is 0. The summed E-state index contributed by atoms with van der Waals surface area (Å²) >= 11 is 0. The Morgan fingerprint density at radius 1 is 1.33 bits per heavy atom. The lowest BCUT2D eigenvalue weighted by atomic mass is 10.0. The van der Waals surface area contributed by atoms with Crippen LogP contribution in [0.25, 0.3) is 0 Å². The average Bonchev–Trinajstić information content (AvgIpc) is 3.09. The fourth-order valence-corrected chi connectivity index (χ4v) is 2.65. The molecule has 1 aliphatic heterocycles. The number of carbonyl (C=O) groups excluding carboxylic acids is 1. The van der Waals surface area contributed by atoms with E-state index in [0.717, 1.165) is 12.8 Å². The van der Waals surface area contributed by atoms with Gasteiger partial charge in [0.25, 0.3) is 5.91 Å². The Balaban J connectivity index is 1.66. The molecule has 1 amide bonds. The molecule has 1 aromatic heterocycles. The SMILES string of the molecule is N#Cc1cccc(C(=O)N2CCC(n3ccnn3)CC2)c1. The summed E-state index contributed by atoms with van der Waals surface area (Å²) in [6.07, 6.45) is 5.27. The molecule has 0 atom stereocenters. The molecule has 0 radical (unpaired) electrons. The zero-order valence-electron chi connectivity index (χ0n) is 11.5. The Morgan fingerprint density at radius 2 is 2.14 bits per heavy atom. The fourth-order valence-electron chi connectivity index (χ4n) is 2.65. The van der Waals surface area contributed by atoms with Gasteiger partial charge in [-0.3, -0.25) is 4.79 Å². The lowest BCUT2D eigenvalue weighted by Crippen LogP contribution is -2.39. The van der Waals surface area contributed by atoms with Gasteiger partial charge in [-0.05, 0) is 31.0 Å². The van der Waals surface area contributed by atoms with Gasteiger partial charge in [-0.25, -0.2) is 4.68 Å². The van der Waals surface area contributed by atoms with Crippen molar-refractivity contribution in [2.75, 3.05) is 13.1 Å². The number of aromatic nitrogens is 3. The maximum Gasteiger partial charge on any atom is 0.253 e. The molecule has 6 heteroatoms. The molecule has 0 unspecified atom stereocenters. The molecule has 6 nitrogen and oxygen atoms in total. The zero-order valence-corrected chi connectivity index (χ0v) is 11.5. The number of amides is 1. The van der Waals surface area contributed by atoms with E-state index in [2.05, 4.69) is 16.4 Å². The highest BCUT2D eigenvalue weighted by atomic mass is 16.2. The van der Waals surface area contributed by atoms with E-state index in [-0.39, 0.29) is 5.91 Å². The van der Waals surface area contributed by atoms with Crippen LogP contribution in [0.1, 0.15) is 34.8 Å². The minimum Gasteiger partial charge on any atom is -0.338 e. The molecule has 1 fully saturated rings. The van der Waals surface area contributed by atoms with E-state index >= 15 is 0 Å². The Labute approximate surface area is 122 Å². The van der Waals surface area contributed by atoms with Crippen LogP contribution in [0.15, 0.2) is 36.7 Å². The van der Waals surface area contributed by atoms with Crippen molar-refractivity contribution < 1.29 is 4.79 Å². The van der Waals surface area contributed by atoms with Crippen LogP contribution >= 0.6 is 0 Å². The van der Waals surface area contributed by atoms with Crippen molar-refractivity contribution in [3.8, 4) is 6.07 Å². The number of hydrogen-bond acceptors (Lipinski definition) is 4. The number of carbonyl (C=O) groups is 1. The standard InChI is InChI=1S/C15H15N5O/c16-11-12-2-1-3-13(10-12)15(21)19-7-4-14(5-8-19)20-9-6-17-18-20/h1-3,6,9-10,14H,4-5,7-8H2. The molecule has 0 spiro atoms. The molecule has 106 valence electrons. The molecule has 0 saturated carbocycles. The first kappa shape index (κ1) is 13.3. The second-order valence-electron chi connectivity index (χ2n) is 5.10. The van der Waals surface area contributed by atoms with Gasteiger partial charge in [-0.1, -0.05) is 11.3 Å². The molecule has 0 aliphatic carbocycles. The average molecular weight is 281 g/mol. The third kappa shape index (κ3) is 2.77. The van der Waals surface area contributed by atoms with Crippen molar-refractivity contribution in [2.45, 2.75) is 18.9 Å². The van der Waals surface area contributed by atoms with Crippen LogP contribution in [0.4, 0.5) is 0 Å². The predicted octanol–water partition coefficient (Wildman–Crippen LogP) is 1.63. The smallest absolute Gasteiger partial charge is 0.253 e. The monoisotopic (exact) mass is 281 g/mol. The second kappa shape index (κ2) is 5.75.